The zero-order chi connectivity index (χ0) is 19.6. The second kappa shape index (κ2) is 10.1. The van der Waals surface area contributed by atoms with E-state index in [1.165, 1.54) is 18.3 Å². The zero-order valence-corrected chi connectivity index (χ0v) is 15.2. The van der Waals surface area contributed by atoms with Gasteiger partial charge in [-0.2, -0.15) is 5.10 Å². The number of hydrazone groups is 1. The summed E-state index contributed by atoms with van der Waals surface area (Å²) in [6, 6.07) is 13.1. The fourth-order valence-corrected chi connectivity index (χ4v) is 2.05. The molecule has 0 aliphatic heterocycles. The molecule has 2 aromatic rings. The van der Waals surface area contributed by atoms with Crippen molar-refractivity contribution in [1.82, 2.24) is 10.7 Å². The van der Waals surface area contributed by atoms with Crippen molar-refractivity contribution in [2.24, 2.45) is 5.10 Å². The van der Waals surface area contributed by atoms with Gasteiger partial charge in [0.25, 0.3) is 0 Å². The molecule has 0 radical (unpaired) electrons. The van der Waals surface area contributed by atoms with Crippen LogP contribution in [0.5, 0.6) is 5.75 Å². The average molecular weight is 371 g/mol. The lowest BCUT2D eigenvalue weighted by atomic mass is 10.2. The largest absolute Gasteiger partial charge is 0.489 e. The third-order valence-electron chi connectivity index (χ3n) is 3.75. The van der Waals surface area contributed by atoms with Gasteiger partial charge in [-0.15, -0.1) is 0 Å². The van der Waals surface area contributed by atoms with Crippen LogP contribution in [0.25, 0.3) is 0 Å². The Morgan fingerprint density at radius 2 is 1.93 bits per heavy atom. The number of nitrogens with one attached hydrogen (secondary N) is 2. The number of amides is 2. The Morgan fingerprint density at radius 3 is 2.59 bits per heavy atom. The third-order valence-corrected chi connectivity index (χ3v) is 3.75. The molecule has 0 aliphatic rings. The monoisotopic (exact) mass is 371 g/mol. The van der Waals surface area contributed by atoms with Crippen LogP contribution >= 0.6 is 0 Å². The molecule has 6 nitrogen and oxygen atoms in total. The van der Waals surface area contributed by atoms with Gasteiger partial charge < -0.3 is 10.1 Å². The highest BCUT2D eigenvalue weighted by Crippen LogP contribution is 2.14. The summed E-state index contributed by atoms with van der Waals surface area (Å²) in [5.41, 5.74) is 3.63. The predicted molar refractivity (Wildman–Crippen MR) is 101 cm³/mol. The van der Waals surface area contributed by atoms with Crippen LogP contribution in [-0.2, 0) is 16.2 Å². The van der Waals surface area contributed by atoms with E-state index in [9.17, 15) is 14.0 Å². The summed E-state index contributed by atoms with van der Waals surface area (Å²) in [5, 5.41) is 6.31. The molecule has 0 fully saturated rings. The molecule has 2 N–H and O–H groups in total. The van der Waals surface area contributed by atoms with Gasteiger partial charge in [0.1, 0.15) is 18.2 Å². The minimum atomic E-state index is -0.818. The first-order valence-corrected chi connectivity index (χ1v) is 8.59. The highest BCUT2D eigenvalue weighted by atomic mass is 19.1. The second-order valence-electron chi connectivity index (χ2n) is 5.97. The Bertz CT molecular complexity index is 806. The standard InChI is InChI=1S/C20H22FN3O3/c1-3-14(2)23-19(25)20(26)24-22-12-15-7-9-18(10-8-15)27-13-16-5-4-6-17(21)11-16/h4-12,14H,3,13H2,1-2H3,(H,23,25)(H,24,26)/b22-12-/t14-/m0/s1. The van der Waals surface area contributed by atoms with Crippen molar-refractivity contribution in [3.05, 3.63) is 65.5 Å². The predicted octanol–water partition coefficient (Wildman–Crippen LogP) is 2.77. The smallest absolute Gasteiger partial charge is 0.329 e. The Hall–Kier alpha value is -3.22. The van der Waals surface area contributed by atoms with Gasteiger partial charge in [0.2, 0.25) is 0 Å². The normalized spacial score (nSPS) is 11.8. The summed E-state index contributed by atoms with van der Waals surface area (Å²) < 4.78 is 18.7. The first kappa shape index (κ1) is 20.1. The average Bonchev–Trinajstić information content (AvgIpc) is 2.67. The molecule has 1 atom stereocenters. The lowest BCUT2D eigenvalue weighted by molar-refractivity contribution is -0.139. The minimum Gasteiger partial charge on any atom is -0.489 e. The Balaban J connectivity index is 1.81. The molecule has 7 heteroatoms. The minimum absolute atomic E-state index is 0.0767. The van der Waals surface area contributed by atoms with Crippen LogP contribution < -0.4 is 15.5 Å². The number of hydrogen-bond donors (Lipinski definition) is 2. The van der Waals surface area contributed by atoms with Crippen molar-refractivity contribution >= 4 is 18.0 Å². The van der Waals surface area contributed by atoms with Crippen LogP contribution in [0.1, 0.15) is 31.4 Å². The molecular weight excluding hydrogens is 349 g/mol. The molecule has 142 valence electrons. The van der Waals surface area contributed by atoms with Gasteiger partial charge in [-0.05, 0) is 60.9 Å². The Labute approximate surface area is 157 Å². The molecule has 0 saturated heterocycles. The molecular formula is C20H22FN3O3. The van der Waals surface area contributed by atoms with Crippen molar-refractivity contribution in [2.45, 2.75) is 32.9 Å². The number of carbonyl (C=O) groups is 2. The Kier molecular flexibility index (Phi) is 7.49. The number of hydrogen-bond acceptors (Lipinski definition) is 4. The molecule has 2 aromatic carbocycles. The maximum Gasteiger partial charge on any atom is 0.329 e. The zero-order valence-electron chi connectivity index (χ0n) is 15.2. The Morgan fingerprint density at radius 1 is 1.19 bits per heavy atom. The lowest BCUT2D eigenvalue weighted by Crippen LogP contribution is -2.41. The SMILES string of the molecule is CC[C@H](C)NC(=O)C(=O)N/N=C\c1ccc(OCc2cccc(F)c2)cc1. The van der Waals surface area contributed by atoms with E-state index >= 15 is 0 Å². The maximum atomic E-state index is 13.1. The van der Waals surface area contributed by atoms with Crippen LogP contribution in [0.4, 0.5) is 4.39 Å². The van der Waals surface area contributed by atoms with Gasteiger partial charge in [-0.3, -0.25) is 9.59 Å². The van der Waals surface area contributed by atoms with Crippen molar-refractivity contribution in [3.63, 3.8) is 0 Å². The molecule has 27 heavy (non-hydrogen) atoms. The van der Waals surface area contributed by atoms with E-state index in [1.807, 2.05) is 13.8 Å². The molecule has 0 heterocycles. The molecule has 0 saturated carbocycles. The number of halogens is 1. The summed E-state index contributed by atoms with van der Waals surface area (Å²) in [4.78, 5) is 23.2. The van der Waals surface area contributed by atoms with Crippen molar-refractivity contribution in [1.29, 1.82) is 0 Å². The maximum absolute atomic E-state index is 13.1. The van der Waals surface area contributed by atoms with Crippen LogP contribution in [0.3, 0.4) is 0 Å². The lowest BCUT2D eigenvalue weighted by Gasteiger charge is -2.09. The van der Waals surface area contributed by atoms with Gasteiger partial charge in [-0.25, -0.2) is 9.82 Å². The van der Waals surface area contributed by atoms with E-state index in [0.29, 0.717) is 5.75 Å². The molecule has 2 amide bonds. The number of rotatable bonds is 7. The summed E-state index contributed by atoms with van der Waals surface area (Å²) >= 11 is 0. The van der Waals surface area contributed by atoms with Crippen molar-refractivity contribution < 1.29 is 18.7 Å². The van der Waals surface area contributed by atoms with E-state index in [-0.39, 0.29) is 18.5 Å². The summed E-state index contributed by atoms with van der Waals surface area (Å²) in [6.07, 6.45) is 2.15. The van der Waals surface area contributed by atoms with E-state index in [1.54, 1.807) is 36.4 Å². The number of ether oxygens (including phenoxy) is 1. The van der Waals surface area contributed by atoms with Crippen LogP contribution in [0.2, 0.25) is 0 Å². The van der Waals surface area contributed by atoms with Crippen molar-refractivity contribution in [3.8, 4) is 5.75 Å². The highest BCUT2D eigenvalue weighted by molar-refractivity contribution is 6.35. The first-order chi connectivity index (χ1) is 13.0. The van der Waals surface area contributed by atoms with Crippen LogP contribution in [0, 0.1) is 5.82 Å². The third kappa shape index (κ3) is 6.89. The van der Waals surface area contributed by atoms with E-state index in [2.05, 4.69) is 15.8 Å². The van der Waals surface area contributed by atoms with Crippen LogP contribution in [-0.4, -0.2) is 24.1 Å². The molecule has 0 aromatic heterocycles. The topological polar surface area (TPSA) is 79.8 Å². The quantitative estimate of drug-likeness (QED) is 0.446. The summed E-state index contributed by atoms with van der Waals surface area (Å²) in [6.45, 7) is 3.98. The molecule has 0 aliphatic carbocycles. The van der Waals surface area contributed by atoms with Crippen LogP contribution in [0.15, 0.2) is 53.6 Å². The van der Waals surface area contributed by atoms with E-state index < -0.39 is 11.8 Å². The van der Waals surface area contributed by atoms with E-state index in [0.717, 1.165) is 17.5 Å². The first-order valence-electron chi connectivity index (χ1n) is 8.59. The molecule has 0 spiro atoms. The highest BCUT2D eigenvalue weighted by Gasteiger charge is 2.14. The number of nitrogens with zero attached hydrogens (tertiary/aromatic N) is 1. The fraction of sp³-hybridized carbons (Fsp3) is 0.250. The molecule has 0 unspecified atom stereocenters. The summed E-state index contributed by atoms with van der Waals surface area (Å²) in [7, 11) is 0. The van der Waals surface area contributed by atoms with Gasteiger partial charge >= 0.3 is 11.8 Å². The molecule has 2 rings (SSSR count). The van der Waals surface area contributed by atoms with Gasteiger partial charge in [0.05, 0.1) is 6.21 Å². The van der Waals surface area contributed by atoms with E-state index in [4.69, 9.17) is 4.74 Å². The fourth-order valence-electron chi connectivity index (χ4n) is 2.05. The van der Waals surface area contributed by atoms with Gasteiger partial charge in [0, 0.05) is 6.04 Å². The second-order valence-corrected chi connectivity index (χ2v) is 5.97. The van der Waals surface area contributed by atoms with Crippen molar-refractivity contribution in [2.75, 3.05) is 0 Å². The molecule has 0 bridgehead atoms. The number of carbonyl (C=O) groups excluding carboxylic acids is 2. The number of benzene rings is 2. The van der Waals surface area contributed by atoms with Gasteiger partial charge in [-0.1, -0.05) is 19.1 Å². The van der Waals surface area contributed by atoms with Gasteiger partial charge in [0.15, 0.2) is 0 Å². The summed E-state index contributed by atoms with van der Waals surface area (Å²) in [5.74, 6) is -1.22.